The Morgan fingerprint density at radius 1 is 1.29 bits per heavy atom. The fraction of sp³-hybridized carbons (Fsp3) is 0.467. The van der Waals surface area contributed by atoms with Gasteiger partial charge in [-0.05, 0) is 18.9 Å². The minimum atomic E-state index is -0.807. The molecule has 114 valence electrons. The number of hydrogen-bond donors (Lipinski definition) is 3. The molecule has 1 aromatic carbocycles. The van der Waals surface area contributed by atoms with Gasteiger partial charge in [-0.2, -0.15) is 0 Å². The second kappa shape index (κ2) is 7.52. The third-order valence-electron chi connectivity index (χ3n) is 3.37. The molecule has 6 nitrogen and oxygen atoms in total. The topological polar surface area (TPSA) is 87.7 Å². The Bertz CT molecular complexity index is 504. The summed E-state index contributed by atoms with van der Waals surface area (Å²) in [5.74, 6) is 0.00812. The first-order valence-corrected chi connectivity index (χ1v) is 7.14. The van der Waals surface area contributed by atoms with E-state index in [4.69, 9.17) is 9.84 Å². The third-order valence-corrected chi connectivity index (χ3v) is 3.37. The molecule has 1 heterocycles. The van der Waals surface area contributed by atoms with Crippen LogP contribution in [-0.4, -0.2) is 30.3 Å². The van der Waals surface area contributed by atoms with Crippen LogP contribution >= 0.6 is 0 Å². The van der Waals surface area contributed by atoms with Gasteiger partial charge < -0.3 is 20.5 Å². The number of para-hydroxylation sites is 1. The highest BCUT2D eigenvalue weighted by Gasteiger charge is 2.22. The van der Waals surface area contributed by atoms with Crippen LogP contribution in [0, 0.1) is 0 Å². The number of amides is 2. The molecule has 21 heavy (non-hydrogen) atoms. The van der Waals surface area contributed by atoms with Crippen molar-refractivity contribution in [1.82, 2.24) is 10.6 Å². The predicted molar refractivity (Wildman–Crippen MR) is 77.3 cm³/mol. The van der Waals surface area contributed by atoms with Crippen LogP contribution < -0.4 is 15.4 Å². The number of carboxylic acids is 1. The molecule has 1 unspecified atom stereocenters. The van der Waals surface area contributed by atoms with E-state index in [0.717, 1.165) is 17.7 Å². The second-order valence-electron chi connectivity index (χ2n) is 4.98. The molecule has 0 spiro atoms. The van der Waals surface area contributed by atoms with E-state index in [9.17, 15) is 9.59 Å². The molecule has 0 bridgehead atoms. The van der Waals surface area contributed by atoms with E-state index in [2.05, 4.69) is 10.6 Å². The lowest BCUT2D eigenvalue weighted by molar-refractivity contribution is -0.137. The molecular formula is C15H20N2O4. The van der Waals surface area contributed by atoms with Gasteiger partial charge in [-0.1, -0.05) is 18.2 Å². The number of fused-ring (bicyclic) bond motifs is 1. The summed E-state index contributed by atoms with van der Waals surface area (Å²) in [7, 11) is 0. The molecule has 2 amide bonds. The molecule has 2 rings (SSSR count). The van der Waals surface area contributed by atoms with Gasteiger partial charge in [-0.3, -0.25) is 4.79 Å². The van der Waals surface area contributed by atoms with Crippen molar-refractivity contribution in [2.24, 2.45) is 0 Å². The molecule has 1 aliphatic rings. The highest BCUT2D eigenvalue weighted by atomic mass is 16.5. The number of ether oxygens (including phenoxy) is 1. The molecule has 0 aliphatic carbocycles. The van der Waals surface area contributed by atoms with Crippen molar-refractivity contribution in [2.75, 3.05) is 13.2 Å². The van der Waals surface area contributed by atoms with Gasteiger partial charge in [0.1, 0.15) is 5.75 Å². The number of carboxylic acid groups (broad SMARTS) is 1. The second-order valence-corrected chi connectivity index (χ2v) is 4.98. The van der Waals surface area contributed by atoms with Crippen molar-refractivity contribution in [2.45, 2.75) is 31.7 Å². The van der Waals surface area contributed by atoms with Crippen LogP contribution in [0.25, 0.3) is 0 Å². The number of nitrogens with one attached hydrogen (secondary N) is 2. The summed E-state index contributed by atoms with van der Waals surface area (Å²) in [6.07, 6.45) is 2.10. The van der Waals surface area contributed by atoms with Crippen molar-refractivity contribution < 1.29 is 19.4 Å². The van der Waals surface area contributed by atoms with Crippen LogP contribution in [0.15, 0.2) is 24.3 Å². The van der Waals surface area contributed by atoms with E-state index >= 15 is 0 Å². The van der Waals surface area contributed by atoms with E-state index in [1.807, 2.05) is 24.3 Å². The maximum Gasteiger partial charge on any atom is 0.315 e. The minimum absolute atomic E-state index is 0.0473. The Kier molecular flexibility index (Phi) is 5.43. The van der Waals surface area contributed by atoms with Crippen molar-refractivity contribution in [3.05, 3.63) is 29.8 Å². The Labute approximate surface area is 123 Å². The fourth-order valence-corrected chi connectivity index (χ4v) is 2.30. The summed E-state index contributed by atoms with van der Waals surface area (Å²) in [4.78, 5) is 22.2. The molecule has 1 atom stereocenters. The summed E-state index contributed by atoms with van der Waals surface area (Å²) in [6.45, 7) is 1.06. The average Bonchev–Trinajstić information content (AvgIpc) is 2.47. The zero-order valence-corrected chi connectivity index (χ0v) is 11.8. The summed E-state index contributed by atoms with van der Waals surface area (Å²) in [5.41, 5.74) is 0.991. The number of carbonyl (C=O) groups excluding carboxylic acids is 1. The monoisotopic (exact) mass is 292 g/mol. The quantitative estimate of drug-likeness (QED) is 0.700. The van der Waals surface area contributed by atoms with Gasteiger partial charge in [-0.15, -0.1) is 0 Å². The molecule has 0 radical (unpaired) electrons. The number of rotatable bonds is 6. The van der Waals surface area contributed by atoms with Crippen LogP contribution in [0.5, 0.6) is 5.75 Å². The number of unbranched alkanes of at least 4 members (excludes halogenated alkanes) is 1. The minimum Gasteiger partial charge on any atom is -0.493 e. The van der Waals surface area contributed by atoms with Crippen molar-refractivity contribution in [3.63, 3.8) is 0 Å². The van der Waals surface area contributed by atoms with Crippen LogP contribution in [-0.2, 0) is 4.79 Å². The molecular weight excluding hydrogens is 272 g/mol. The number of benzene rings is 1. The fourth-order valence-electron chi connectivity index (χ4n) is 2.30. The van der Waals surface area contributed by atoms with Crippen LogP contribution in [0.4, 0.5) is 4.79 Å². The lowest BCUT2D eigenvalue weighted by atomic mass is 10.0. The number of aliphatic carboxylic acids is 1. The highest BCUT2D eigenvalue weighted by molar-refractivity contribution is 5.74. The first-order valence-electron chi connectivity index (χ1n) is 7.14. The first kappa shape index (κ1) is 15.2. The van der Waals surface area contributed by atoms with Gasteiger partial charge in [0.2, 0.25) is 0 Å². The maximum atomic E-state index is 11.8. The number of urea groups is 1. The lowest BCUT2D eigenvalue weighted by Crippen LogP contribution is -2.40. The highest BCUT2D eigenvalue weighted by Crippen LogP contribution is 2.31. The van der Waals surface area contributed by atoms with E-state index in [-0.39, 0.29) is 18.5 Å². The molecule has 0 fully saturated rings. The standard InChI is InChI=1S/C15H20N2O4/c18-14(19)7-3-4-9-16-15(20)17-12-8-10-21-13-6-2-1-5-11(12)13/h1-2,5-6,12H,3-4,7-10H2,(H,18,19)(H2,16,17,20). The van der Waals surface area contributed by atoms with Gasteiger partial charge in [0.25, 0.3) is 0 Å². The Balaban J connectivity index is 1.75. The average molecular weight is 292 g/mol. The van der Waals surface area contributed by atoms with Gasteiger partial charge in [0, 0.05) is 24.9 Å². The summed E-state index contributed by atoms with van der Waals surface area (Å²) < 4.78 is 5.54. The molecule has 3 N–H and O–H groups in total. The van der Waals surface area contributed by atoms with E-state index < -0.39 is 5.97 Å². The van der Waals surface area contributed by atoms with Crippen molar-refractivity contribution >= 4 is 12.0 Å². The normalized spacial score (nSPS) is 16.5. The van der Waals surface area contributed by atoms with E-state index in [1.165, 1.54) is 0 Å². The smallest absolute Gasteiger partial charge is 0.315 e. The largest absolute Gasteiger partial charge is 0.493 e. The predicted octanol–water partition coefficient (Wildman–Crippen LogP) is 2.06. The van der Waals surface area contributed by atoms with Crippen molar-refractivity contribution in [3.8, 4) is 5.75 Å². The SMILES string of the molecule is O=C(O)CCCCNC(=O)NC1CCOc2ccccc21. The molecule has 6 heteroatoms. The third kappa shape index (κ3) is 4.66. The zero-order chi connectivity index (χ0) is 15.1. The van der Waals surface area contributed by atoms with Gasteiger partial charge in [0.05, 0.1) is 12.6 Å². The van der Waals surface area contributed by atoms with Crippen LogP contribution in [0.2, 0.25) is 0 Å². The first-order chi connectivity index (χ1) is 10.2. The Morgan fingerprint density at radius 3 is 2.90 bits per heavy atom. The molecule has 0 saturated carbocycles. The van der Waals surface area contributed by atoms with Crippen molar-refractivity contribution in [1.29, 1.82) is 0 Å². The van der Waals surface area contributed by atoms with Gasteiger partial charge in [0.15, 0.2) is 0 Å². The summed E-state index contributed by atoms with van der Waals surface area (Å²) >= 11 is 0. The Hall–Kier alpha value is -2.24. The van der Waals surface area contributed by atoms with E-state index in [0.29, 0.717) is 26.0 Å². The van der Waals surface area contributed by atoms with Gasteiger partial charge in [-0.25, -0.2) is 4.79 Å². The number of hydrogen-bond acceptors (Lipinski definition) is 3. The Morgan fingerprint density at radius 2 is 2.10 bits per heavy atom. The summed E-state index contributed by atoms with van der Waals surface area (Å²) in [5, 5.41) is 14.2. The zero-order valence-electron chi connectivity index (χ0n) is 11.8. The number of carbonyl (C=O) groups is 2. The molecule has 1 aromatic rings. The van der Waals surface area contributed by atoms with Gasteiger partial charge >= 0.3 is 12.0 Å². The molecule has 1 aliphatic heterocycles. The molecule has 0 saturated heterocycles. The van der Waals surface area contributed by atoms with E-state index in [1.54, 1.807) is 0 Å². The molecule has 0 aromatic heterocycles. The summed E-state index contributed by atoms with van der Waals surface area (Å²) in [6, 6.07) is 7.40. The van der Waals surface area contributed by atoms with Crippen LogP contribution in [0.3, 0.4) is 0 Å². The maximum absolute atomic E-state index is 11.8. The van der Waals surface area contributed by atoms with Crippen LogP contribution in [0.1, 0.15) is 37.3 Å². The lowest BCUT2D eigenvalue weighted by Gasteiger charge is -2.26.